The van der Waals surface area contributed by atoms with Gasteiger partial charge < -0.3 is 10.4 Å². The summed E-state index contributed by atoms with van der Waals surface area (Å²) in [7, 11) is 1.78. The zero-order chi connectivity index (χ0) is 14.8. The molecule has 1 aliphatic rings. The SMILES string of the molecule is CNc1scc(C2CCc3ccccc3CC2)c1C(=O)O. The van der Waals surface area contributed by atoms with E-state index in [0.29, 0.717) is 11.5 Å². The second-order valence-electron chi connectivity index (χ2n) is 5.49. The molecule has 0 fully saturated rings. The minimum absolute atomic E-state index is 0.335. The number of fused-ring (bicyclic) bond motifs is 1. The molecule has 0 amide bonds. The second kappa shape index (κ2) is 5.90. The largest absolute Gasteiger partial charge is 0.478 e. The van der Waals surface area contributed by atoms with Crippen LogP contribution in [-0.4, -0.2) is 18.1 Å². The lowest BCUT2D eigenvalue weighted by atomic mass is 9.90. The number of carbonyl (C=O) groups is 1. The normalized spacial score (nSPS) is 15.3. The van der Waals surface area contributed by atoms with Gasteiger partial charge in [0.05, 0.1) is 5.56 Å². The van der Waals surface area contributed by atoms with Crippen molar-refractivity contribution in [2.75, 3.05) is 12.4 Å². The van der Waals surface area contributed by atoms with Gasteiger partial charge >= 0.3 is 5.97 Å². The topological polar surface area (TPSA) is 49.3 Å². The molecular weight excluding hydrogens is 282 g/mol. The van der Waals surface area contributed by atoms with Crippen molar-refractivity contribution < 1.29 is 9.90 Å². The van der Waals surface area contributed by atoms with E-state index in [1.54, 1.807) is 7.05 Å². The summed E-state index contributed by atoms with van der Waals surface area (Å²) in [6, 6.07) is 8.57. The number of hydrogen-bond acceptors (Lipinski definition) is 3. The fourth-order valence-electron chi connectivity index (χ4n) is 3.24. The number of carboxylic acid groups (broad SMARTS) is 1. The van der Waals surface area contributed by atoms with Crippen LogP contribution in [0.5, 0.6) is 0 Å². The van der Waals surface area contributed by atoms with Gasteiger partial charge in [0.15, 0.2) is 0 Å². The summed E-state index contributed by atoms with van der Waals surface area (Å²) in [6.07, 6.45) is 4.11. The van der Waals surface area contributed by atoms with E-state index in [-0.39, 0.29) is 0 Å². The summed E-state index contributed by atoms with van der Waals surface area (Å²) in [6.45, 7) is 0. The van der Waals surface area contributed by atoms with Gasteiger partial charge in [-0.3, -0.25) is 0 Å². The maximum absolute atomic E-state index is 11.6. The lowest BCUT2D eigenvalue weighted by molar-refractivity contribution is 0.0696. The summed E-state index contributed by atoms with van der Waals surface area (Å²) in [4.78, 5) is 11.6. The second-order valence-corrected chi connectivity index (χ2v) is 6.37. The van der Waals surface area contributed by atoms with Gasteiger partial charge in [-0.15, -0.1) is 11.3 Å². The number of nitrogens with one attached hydrogen (secondary N) is 1. The van der Waals surface area contributed by atoms with Crippen molar-refractivity contribution in [1.82, 2.24) is 0 Å². The van der Waals surface area contributed by atoms with Gasteiger partial charge in [0.1, 0.15) is 5.00 Å². The monoisotopic (exact) mass is 301 g/mol. The first-order valence-corrected chi connectivity index (χ1v) is 8.18. The highest BCUT2D eigenvalue weighted by Crippen LogP contribution is 2.39. The fourth-order valence-corrected chi connectivity index (χ4v) is 4.23. The number of rotatable bonds is 3. The van der Waals surface area contributed by atoms with Crippen LogP contribution in [0, 0.1) is 0 Å². The van der Waals surface area contributed by atoms with Crippen LogP contribution >= 0.6 is 11.3 Å². The Morgan fingerprint density at radius 1 is 1.24 bits per heavy atom. The molecule has 3 rings (SSSR count). The number of anilines is 1. The number of hydrogen-bond donors (Lipinski definition) is 2. The Hall–Kier alpha value is -1.81. The molecule has 0 saturated carbocycles. The van der Waals surface area contributed by atoms with Crippen LogP contribution in [0.25, 0.3) is 0 Å². The van der Waals surface area contributed by atoms with E-state index in [1.807, 2.05) is 5.38 Å². The van der Waals surface area contributed by atoms with E-state index >= 15 is 0 Å². The molecule has 21 heavy (non-hydrogen) atoms. The molecule has 0 unspecified atom stereocenters. The van der Waals surface area contributed by atoms with Crippen LogP contribution in [0.3, 0.4) is 0 Å². The van der Waals surface area contributed by atoms with Crippen molar-refractivity contribution >= 4 is 22.3 Å². The van der Waals surface area contributed by atoms with Crippen LogP contribution < -0.4 is 5.32 Å². The number of thiophene rings is 1. The van der Waals surface area contributed by atoms with Crippen LogP contribution in [0.2, 0.25) is 0 Å². The van der Waals surface area contributed by atoms with Crippen molar-refractivity contribution in [3.05, 3.63) is 51.9 Å². The third-order valence-electron chi connectivity index (χ3n) is 4.34. The number of benzene rings is 1. The minimum Gasteiger partial charge on any atom is -0.478 e. The zero-order valence-electron chi connectivity index (χ0n) is 12.1. The molecule has 0 radical (unpaired) electrons. The summed E-state index contributed by atoms with van der Waals surface area (Å²) < 4.78 is 0. The first-order chi connectivity index (χ1) is 10.2. The number of carboxylic acids is 1. The van der Waals surface area contributed by atoms with Gasteiger partial charge in [-0.05, 0) is 53.7 Å². The third kappa shape index (κ3) is 2.68. The molecule has 0 bridgehead atoms. The van der Waals surface area contributed by atoms with E-state index in [0.717, 1.165) is 36.2 Å². The number of aromatic carboxylic acids is 1. The first kappa shape index (κ1) is 14.1. The predicted molar refractivity (Wildman–Crippen MR) is 86.7 cm³/mol. The third-order valence-corrected chi connectivity index (χ3v) is 5.36. The fraction of sp³-hybridized carbons (Fsp3) is 0.353. The van der Waals surface area contributed by atoms with Crippen LogP contribution in [-0.2, 0) is 12.8 Å². The average molecular weight is 301 g/mol. The lowest BCUT2D eigenvalue weighted by Crippen LogP contribution is -2.07. The van der Waals surface area contributed by atoms with Crippen LogP contribution in [0.4, 0.5) is 5.00 Å². The Balaban J connectivity index is 1.90. The van der Waals surface area contributed by atoms with Crippen molar-refractivity contribution in [3.63, 3.8) is 0 Å². The van der Waals surface area contributed by atoms with E-state index < -0.39 is 5.97 Å². The van der Waals surface area contributed by atoms with Gasteiger partial charge in [-0.1, -0.05) is 24.3 Å². The minimum atomic E-state index is -0.822. The highest BCUT2D eigenvalue weighted by Gasteiger charge is 2.25. The Morgan fingerprint density at radius 3 is 2.38 bits per heavy atom. The van der Waals surface area contributed by atoms with Crippen molar-refractivity contribution in [2.45, 2.75) is 31.6 Å². The molecule has 4 heteroatoms. The highest BCUT2D eigenvalue weighted by molar-refractivity contribution is 7.14. The smallest absolute Gasteiger partial charge is 0.338 e. The highest BCUT2D eigenvalue weighted by atomic mass is 32.1. The molecule has 0 spiro atoms. The molecule has 1 aromatic carbocycles. The van der Waals surface area contributed by atoms with Crippen molar-refractivity contribution in [1.29, 1.82) is 0 Å². The Bertz CT molecular complexity index is 636. The summed E-state index contributed by atoms with van der Waals surface area (Å²) in [5.74, 6) is -0.487. The Labute approximate surface area is 128 Å². The standard InChI is InChI=1S/C17H19NO2S/c1-18-16-15(17(19)20)14(10-21-16)13-8-6-11-4-2-3-5-12(11)7-9-13/h2-5,10,13,18H,6-9H2,1H3,(H,19,20). The number of aryl methyl sites for hydroxylation is 2. The van der Waals surface area contributed by atoms with E-state index in [1.165, 1.54) is 22.5 Å². The average Bonchev–Trinajstić information content (AvgIpc) is 2.81. The molecule has 1 aromatic heterocycles. The van der Waals surface area contributed by atoms with Crippen molar-refractivity contribution in [2.24, 2.45) is 0 Å². The van der Waals surface area contributed by atoms with Gasteiger partial charge in [0.25, 0.3) is 0 Å². The summed E-state index contributed by atoms with van der Waals surface area (Å²) in [5, 5.41) is 15.3. The van der Waals surface area contributed by atoms with Crippen LogP contribution in [0.15, 0.2) is 29.6 Å². The molecule has 1 aliphatic carbocycles. The van der Waals surface area contributed by atoms with E-state index in [2.05, 4.69) is 29.6 Å². The molecule has 0 aliphatic heterocycles. The lowest BCUT2D eigenvalue weighted by Gasteiger charge is -2.14. The van der Waals surface area contributed by atoms with Crippen LogP contribution in [0.1, 0.15) is 45.8 Å². The molecule has 0 atom stereocenters. The Morgan fingerprint density at radius 2 is 1.86 bits per heavy atom. The Kier molecular flexibility index (Phi) is 3.97. The van der Waals surface area contributed by atoms with Gasteiger partial charge in [-0.2, -0.15) is 0 Å². The van der Waals surface area contributed by atoms with E-state index in [4.69, 9.17) is 0 Å². The molecule has 2 N–H and O–H groups in total. The van der Waals surface area contributed by atoms with Gasteiger partial charge in [0, 0.05) is 7.05 Å². The molecule has 3 nitrogen and oxygen atoms in total. The summed E-state index contributed by atoms with van der Waals surface area (Å²) in [5.41, 5.74) is 4.31. The van der Waals surface area contributed by atoms with Crippen molar-refractivity contribution in [3.8, 4) is 0 Å². The molecule has 2 aromatic rings. The first-order valence-electron chi connectivity index (χ1n) is 7.30. The molecule has 1 heterocycles. The summed E-state index contributed by atoms with van der Waals surface area (Å²) >= 11 is 1.50. The van der Waals surface area contributed by atoms with Gasteiger partial charge in [0.2, 0.25) is 0 Å². The maximum atomic E-state index is 11.6. The molecule has 0 saturated heterocycles. The zero-order valence-corrected chi connectivity index (χ0v) is 12.9. The molecule has 110 valence electrons. The quantitative estimate of drug-likeness (QED) is 0.837. The van der Waals surface area contributed by atoms with E-state index in [9.17, 15) is 9.90 Å². The maximum Gasteiger partial charge on any atom is 0.338 e. The van der Waals surface area contributed by atoms with Gasteiger partial charge in [-0.25, -0.2) is 4.79 Å². The predicted octanol–water partition coefficient (Wildman–Crippen LogP) is 4.15. The molecular formula is C17H19NO2S.